The first kappa shape index (κ1) is 17.2. The van der Waals surface area contributed by atoms with Crippen molar-refractivity contribution in [2.75, 3.05) is 10.2 Å². The third kappa shape index (κ3) is 4.15. The highest BCUT2D eigenvalue weighted by Gasteiger charge is 2.16. The molecule has 0 unspecified atom stereocenters. The Morgan fingerprint density at radius 2 is 1.85 bits per heavy atom. The molecule has 0 spiro atoms. The maximum atomic E-state index is 14.3. The molecule has 0 amide bonds. The lowest BCUT2D eigenvalue weighted by Crippen LogP contribution is -2.17. The van der Waals surface area contributed by atoms with Crippen molar-refractivity contribution in [2.24, 2.45) is 0 Å². The van der Waals surface area contributed by atoms with Crippen molar-refractivity contribution in [2.45, 2.75) is 13.1 Å². The monoisotopic (exact) mass is 379 g/mol. The Labute approximate surface area is 160 Å². The van der Waals surface area contributed by atoms with Gasteiger partial charge in [0.15, 0.2) is 5.13 Å². The van der Waals surface area contributed by atoms with Crippen molar-refractivity contribution in [3.63, 3.8) is 0 Å². The van der Waals surface area contributed by atoms with E-state index in [1.54, 1.807) is 29.7 Å². The molecule has 0 bridgehead atoms. The molecule has 0 saturated carbocycles. The Kier molecular flexibility index (Phi) is 5.11. The van der Waals surface area contributed by atoms with Crippen LogP contribution in [0.2, 0.25) is 0 Å². The second-order valence-electron chi connectivity index (χ2n) is 5.95. The smallest absolute Gasteiger partial charge is 0.183 e. The number of thiazole rings is 1. The van der Waals surface area contributed by atoms with Gasteiger partial charge in [-0.1, -0.05) is 42.5 Å². The molecule has 2 aromatic heterocycles. The van der Waals surface area contributed by atoms with E-state index in [0.717, 1.165) is 15.8 Å². The maximum absolute atomic E-state index is 14.3. The van der Waals surface area contributed by atoms with Crippen LogP contribution in [0.4, 0.5) is 21.0 Å². The topological polar surface area (TPSA) is 56.8 Å². The van der Waals surface area contributed by atoms with Gasteiger partial charge in [-0.3, -0.25) is 5.10 Å². The molecular formula is C20H18FN5S. The largest absolute Gasteiger partial charge is 0.357 e. The standard InChI is InChI=1S/C20H18FN5S/c21-17-8-4-5-9-18(17)26(19-10-11-24-25-19)14-16-13-23-20(27-16)22-12-15-6-2-1-3-7-15/h1-11,13H,12,14H2,(H,22,23)(H,24,25). The summed E-state index contributed by atoms with van der Waals surface area (Å²) in [6.45, 7) is 1.21. The molecule has 0 radical (unpaired) electrons. The van der Waals surface area contributed by atoms with Crippen molar-refractivity contribution >= 4 is 28.0 Å². The van der Waals surface area contributed by atoms with E-state index in [1.165, 1.54) is 11.6 Å². The van der Waals surface area contributed by atoms with Gasteiger partial charge >= 0.3 is 0 Å². The summed E-state index contributed by atoms with van der Waals surface area (Å²) in [5.41, 5.74) is 1.69. The molecule has 4 aromatic rings. The van der Waals surface area contributed by atoms with E-state index in [4.69, 9.17) is 0 Å². The van der Waals surface area contributed by atoms with Gasteiger partial charge in [0.1, 0.15) is 11.6 Å². The number of para-hydroxylation sites is 1. The lowest BCUT2D eigenvalue weighted by atomic mass is 10.2. The Bertz CT molecular complexity index is 985. The summed E-state index contributed by atoms with van der Waals surface area (Å²) in [5, 5.41) is 11.1. The zero-order valence-corrected chi connectivity index (χ0v) is 15.3. The molecule has 2 N–H and O–H groups in total. The molecule has 0 aliphatic carbocycles. The fraction of sp³-hybridized carbons (Fsp3) is 0.100. The maximum Gasteiger partial charge on any atom is 0.183 e. The quantitative estimate of drug-likeness (QED) is 0.477. The highest BCUT2D eigenvalue weighted by Crippen LogP contribution is 2.30. The van der Waals surface area contributed by atoms with E-state index < -0.39 is 0 Å². The third-order valence-corrected chi connectivity index (χ3v) is 5.01. The first-order valence-corrected chi connectivity index (χ1v) is 9.35. The highest BCUT2D eigenvalue weighted by atomic mass is 32.1. The average Bonchev–Trinajstić information content (AvgIpc) is 3.38. The molecular weight excluding hydrogens is 361 g/mol. The molecule has 0 aliphatic heterocycles. The fourth-order valence-electron chi connectivity index (χ4n) is 2.76. The van der Waals surface area contributed by atoms with Crippen molar-refractivity contribution in [1.29, 1.82) is 0 Å². The first-order valence-electron chi connectivity index (χ1n) is 8.53. The third-order valence-electron chi connectivity index (χ3n) is 4.07. The Morgan fingerprint density at radius 1 is 1.04 bits per heavy atom. The van der Waals surface area contributed by atoms with Crippen molar-refractivity contribution < 1.29 is 4.39 Å². The lowest BCUT2D eigenvalue weighted by molar-refractivity contribution is 0.624. The molecule has 7 heteroatoms. The van der Waals surface area contributed by atoms with Gasteiger partial charge in [0.05, 0.1) is 18.4 Å². The number of halogens is 1. The van der Waals surface area contributed by atoms with Crippen LogP contribution in [0.1, 0.15) is 10.4 Å². The van der Waals surface area contributed by atoms with E-state index >= 15 is 0 Å². The fourth-order valence-corrected chi connectivity index (χ4v) is 3.56. The number of anilines is 3. The van der Waals surface area contributed by atoms with Gasteiger partial charge in [-0.15, -0.1) is 11.3 Å². The van der Waals surface area contributed by atoms with Gasteiger partial charge in [-0.25, -0.2) is 9.37 Å². The average molecular weight is 379 g/mol. The summed E-state index contributed by atoms with van der Waals surface area (Å²) in [5.74, 6) is 0.450. The molecule has 0 fully saturated rings. The number of rotatable bonds is 7. The molecule has 0 atom stereocenters. The number of hydrogen-bond donors (Lipinski definition) is 2. The van der Waals surface area contributed by atoms with Crippen LogP contribution >= 0.6 is 11.3 Å². The normalized spacial score (nSPS) is 10.7. The zero-order chi connectivity index (χ0) is 18.5. The van der Waals surface area contributed by atoms with E-state index in [9.17, 15) is 4.39 Å². The second-order valence-corrected chi connectivity index (χ2v) is 7.07. The number of benzene rings is 2. The van der Waals surface area contributed by atoms with Gasteiger partial charge in [-0.05, 0) is 17.7 Å². The second kappa shape index (κ2) is 8.01. The zero-order valence-electron chi connectivity index (χ0n) is 14.5. The molecule has 5 nitrogen and oxygen atoms in total. The molecule has 2 heterocycles. The molecule has 0 aliphatic rings. The van der Waals surface area contributed by atoms with Crippen molar-refractivity contribution in [3.8, 4) is 0 Å². The number of H-pyrrole nitrogens is 1. The van der Waals surface area contributed by atoms with Crippen LogP contribution in [0.3, 0.4) is 0 Å². The number of aromatic amines is 1. The molecule has 27 heavy (non-hydrogen) atoms. The number of aromatic nitrogens is 3. The predicted molar refractivity (Wildman–Crippen MR) is 107 cm³/mol. The minimum absolute atomic E-state index is 0.279. The summed E-state index contributed by atoms with van der Waals surface area (Å²) in [4.78, 5) is 7.32. The number of nitrogens with one attached hydrogen (secondary N) is 2. The van der Waals surface area contributed by atoms with Crippen LogP contribution in [0.5, 0.6) is 0 Å². The first-order chi connectivity index (χ1) is 13.3. The summed E-state index contributed by atoms with van der Waals surface area (Å²) >= 11 is 1.56. The Hall–Kier alpha value is -3.19. The van der Waals surface area contributed by atoms with Crippen LogP contribution < -0.4 is 10.2 Å². The van der Waals surface area contributed by atoms with E-state index in [-0.39, 0.29) is 5.82 Å². The van der Waals surface area contributed by atoms with Gasteiger partial charge in [-0.2, -0.15) is 5.10 Å². The Morgan fingerprint density at radius 3 is 2.63 bits per heavy atom. The lowest BCUT2D eigenvalue weighted by Gasteiger charge is -2.22. The highest BCUT2D eigenvalue weighted by molar-refractivity contribution is 7.15. The van der Waals surface area contributed by atoms with Crippen LogP contribution in [-0.2, 0) is 13.1 Å². The molecule has 4 rings (SSSR count). The minimum Gasteiger partial charge on any atom is -0.357 e. The summed E-state index contributed by atoms with van der Waals surface area (Å²) < 4.78 is 14.3. The van der Waals surface area contributed by atoms with E-state index in [1.807, 2.05) is 41.4 Å². The Balaban J connectivity index is 1.51. The van der Waals surface area contributed by atoms with E-state index in [2.05, 4.69) is 32.6 Å². The van der Waals surface area contributed by atoms with Gasteiger partial charge < -0.3 is 10.2 Å². The van der Waals surface area contributed by atoms with Crippen LogP contribution in [0, 0.1) is 5.82 Å². The number of nitrogens with zero attached hydrogens (tertiary/aromatic N) is 3. The van der Waals surface area contributed by atoms with Crippen LogP contribution in [0.25, 0.3) is 0 Å². The van der Waals surface area contributed by atoms with Gasteiger partial charge in [0.2, 0.25) is 0 Å². The van der Waals surface area contributed by atoms with Crippen LogP contribution in [-0.4, -0.2) is 15.2 Å². The summed E-state index contributed by atoms with van der Waals surface area (Å²) in [6.07, 6.45) is 3.48. The molecule has 0 saturated heterocycles. The van der Waals surface area contributed by atoms with Crippen LogP contribution in [0.15, 0.2) is 73.1 Å². The summed E-state index contributed by atoms with van der Waals surface area (Å²) in [6, 6.07) is 18.7. The molecule has 136 valence electrons. The van der Waals surface area contributed by atoms with Crippen molar-refractivity contribution in [1.82, 2.24) is 15.2 Å². The SMILES string of the molecule is Fc1ccccc1N(Cc1cnc(NCc2ccccc2)s1)c1ccn[nH]1. The minimum atomic E-state index is -0.279. The van der Waals surface area contributed by atoms with Crippen molar-refractivity contribution in [3.05, 3.63) is 89.3 Å². The predicted octanol–water partition coefficient (Wildman–Crippen LogP) is 4.96. The number of hydrogen-bond acceptors (Lipinski definition) is 5. The summed E-state index contributed by atoms with van der Waals surface area (Å²) in [7, 11) is 0. The molecule has 2 aromatic carbocycles. The van der Waals surface area contributed by atoms with Gasteiger partial charge in [0, 0.05) is 23.7 Å². The van der Waals surface area contributed by atoms with Gasteiger partial charge in [0.25, 0.3) is 0 Å². The van der Waals surface area contributed by atoms with E-state index in [0.29, 0.717) is 18.8 Å².